The third-order valence-corrected chi connectivity index (χ3v) is 19.3. The van der Waals surface area contributed by atoms with Crippen molar-refractivity contribution in [3.05, 3.63) is 191 Å². The predicted molar refractivity (Wildman–Crippen MR) is 362 cm³/mol. The summed E-state index contributed by atoms with van der Waals surface area (Å²) in [6.07, 6.45) is 2.27. The molecule has 6 heteroatoms. The molecule has 422 valence electrons. The van der Waals surface area contributed by atoms with Crippen LogP contribution in [0.15, 0.2) is 167 Å². The summed E-state index contributed by atoms with van der Waals surface area (Å²) in [4.78, 5) is 2.45. The van der Waals surface area contributed by atoms with E-state index in [0.717, 1.165) is 96.3 Å². The number of aromatic nitrogens is 1. The first-order valence-electron chi connectivity index (χ1n) is 30.6. The molecule has 4 heterocycles. The van der Waals surface area contributed by atoms with E-state index in [1.807, 2.05) is 0 Å². The molecule has 0 unspecified atom stereocenters. The van der Waals surface area contributed by atoms with Crippen molar-refractivity contribution >= 4 is 112 Å². The van der Waals surface area contributed by atoms with Crippen molar-refractivity contribution in [2.75, 3.05) is 10.2 Å². The van der Waals surface area contributed by atoms with Gasteiger partial charge in [0.15, 0.2) is 7.28 Å². The van der Waals surface area contributed by atoms with Gasteiger partial charge in [0.05, 0.1) is 16.7 Å². The van der Waals surface area contributed by atoms with E-state index in [-0.39, 0.29) is 32.5 Å². The van der Waals surface area contributed by atoms with Crippen LogP contribution in [0.3, 0.4) is 0 Å². The van der Waals surface area contributed by atoms with Crippen LogP contribution in [0.5, 0.6) is 0 Å². The zero-order valence-electron chi connectivity index (χ0n) is 52.3. The Bertz CT molecular complexity index is 4610. The Kier molecular flexibility index (Phi) is 11.8. The first-order valence-corrected chi connectivity index (χ1v) is 30.6. The number of nitrogens with one attached hydrogen (secondary N) is 1. The van der Waals surface area contributed by atoms with E-state index in [1.54, 1.807) is 0 Å². The lowest BCUT2D eigenvalue weighted by Crippen LogP contribution is -2.37. The van der Waals surface area contributed by atoms with Crippen LogP contribution in [-0.4, -0.2) is 11.8 Å². The topological polar surface area (TPSA) is 46.5 Å². The van der Waals surface area contributed by atoms with Crippen LogP contribution < -0.4 is 21.1 Å². The van der Waals surface area contributed by atoms with E-state index in [9.17, 15) is 0 Å². The monoisotopic (exact) mass is 1100 g/mol. The Labute approximate surface area is 497 Å². The maximum Gasteiger partial charge on any atom is 0.198 e. The quantitative estimate of drug-likeness (QED) is 0.169. The standard InChI is InChI=1S/C78H80BN3O2/c1-73(2,3)45-21-28-49(29-22-45)80-61-44-66-54(55-42-58-59(43-65(55)83-66)78(15,16)38-37-77(58,13)14)41-56(61)69-70-71-67(68-53-19-17-18-20-64(53)84-72(68)69)57-39-48(76(10,11)12)27-36-62(57)82(71)63-40-52(34-35-60(63)79-70)81(50-30-23-46(24-31-50)74(4,5)6)51-32-25-47(26-33-51)75(7,8)9/h17-36,39-44,79-80H,37-38H2,1-16H3. The van der Waals surface area contributed by atoms with E-state index in [1.165, 1.54) is 71.8 Å². The zero-order chi connectivity index (χ0) is 58.9. The first-order chi connectivity index (χ1) is 39.6. The second kappa shape index (κ2) is 18.3. The second-order valence-corrected chi connectivity index (χ2v) is 30.2. The zero-order valence-corrected chi connectivity index (χ0v) is 52.3. The molecule has 84 heavy (non-hydrogen) atoms. The van der Waals surface area contributed by atoms with E-state index in [0.29, 0.717) is 7.28 Å². The Morgan fingerprint density at radius 3 is 1.62 bits per heavy atom. The number of hydrogen-bond donors (Lipinski definition) is 1. The molecule has 0 bridgehead atoms. The van der Waals surface area contributed by atoms with Gasteiger partial charge in [-0.2, -0.15) is 0 Å². The number of benzene rings is 9. The van der Waals surface area contributed by atoms with Gasteiger partial charge in [-0.25, -0.2) is 0 Å². The summed E-state index contributed by atoms with van der Waals surface area (Å²) in [6, 6.07) is 60.1. The Morgan fingerprint density at radius 1 is 0.476 bits per heavy atom. The first kappa shape index (κ1) is 54.0. The molecule has 0 amide bonds. The minimum atomic E-state index is -0.0849. The SMILES string of the molecule is CC(C)(C)c1ccc(Nc2cc3oc4cc5c(cc4c3cc2-c2c3c4c(c6cc(C(C)(C)C)ccc6n4-c4cc(N(c6ccc(C(C)(C)C)cc6)c6ccc(C(C)(C)C)cc6)ccc4B3)c3c2oc2ccccc23)C(C)(C)CCC5(C)C)cc1. The van der Waals surface area contributed by atoms with Gasteiger partial charge in [0.1, 0.15) is 22.3 Å². The summed E-state index contributed by atoms with van der Waals surface area (Å²) in [7, 11) is 0.693. The number of rotatable bonds is 6. The predicted octanol–water partition coefficient (Wildman–Crippen LogP) is 20.7. The van der Waals surface area contributed by atoms with E-state index < -0.39 is 0 Å². The third-order valence-electron chi connectivity index (χ3n) is 19.3. The summed E-state index contributed by atoms with van der Waals surface area (Å²) in [5, 5.41) is 11.0. The largest absolute Gasteiger partial charge is 0.456 e. The maximum absolute atomic E-state index is 7.46. The van der Waals surface area contributed by atoms with E-state index >= 15 is 0 Å². The number of fused-ring (bicyclic) bond motifs is 13. The lowest BCUT2D eigenvalue weighted by Gasteiger charge is -2.41. The van der Waals surface area contributed by atoms with Gasteiger partial charge in [-0.05, 0) is 169 Å². The summed E-state index contributed by atoms with van der Waals surface area (Å²) in [5.41, 5.74) is 25.3. The van der Waals surface area contributed by atoms with Crippen LogP contribution in [0.1, 0.15) is 157 Å². The molecule has 12 aromatic rings. The number of nitrogens with zero attached hydrogens (tertiary/aromatic N) is 2. The molecule has 9 aromatic carbocycles. The summed E-state index contributed by atoms with van der Waals surface area (Å²) < 4.78 is 17.2. The molecule has 0 spiro atoms. The van der Waals surface area contributed by atoms with Crippen LogP contribution in [0.4, 0.5) is 28.4 Å². The third kappa shape index (κ3) is 8.62. The molecule has 0 saturated carbocycles. The highest BCUT2D eigenvalue weighted by molar-refractivity contribution is 6.74. The molecule has 1 aliphatic carbocycles. The minimum absolute atomic E-state index is 0.0149. The van der Waals surface area contributed by atoms with E-state index in [4.69, 9.17) is 8.83 Å². The van der Waals surface area contributed by atoms with Crippen molar-refractivity contribution in [1.29, 1.82) is 0 Å². The Balaban J connectivity index is 1.09. The van der Waals surface area contributed by atoms with Crippen LogP contribution >= 0.6 is 0 Å². The fourth-order valence-corrected chi connectivity index (χ4v) is 14.0. The molecule has 0 radical (unpaired) electrons. The molecule has 0 fully saturated rings. The summed E-state index contributed by atoms with van der Waals surface area (Å²) in [5.74, 6) is 0. The van der Waals surface area contributed by atoms with Gasteiger partial charge in [0, 0.05) is 77.9 Å². The van der Waals surface area contributed by atoms with Gasteiger partial charge in [-0.15, -0.1) is 0 Å². The van der Waals surface area contributed by atoms with Crippen LogP contribution in [0.2, 0.25) is 0 Å². The molecule has 1 N–H and O–H groups in total. The lowest BCUT2D eigenvalue weighted by atomic mass is 9.58. The number of hydrogen-bond acceptors (Lipinski definition) is 4. The fraction of sp³-hybridized carbons (Fsp3) is 0.308. The van der Waals surface area contributed by atoms with Crippen LogP contribution in [0.25, 0.3) is 82.5 Å². The molecule has 0 saturated heterocycles. The minimum Gasteiger partial charge on any atom is -0.456 e. The van der Waals surface area contributed by atoms with Gasteiger partial charge in [-0.3, -0.25) is 0 Å². The van der Waals surface area contributed by atoms with Crippen molar-refractivity contribution in [3.8, 4) is 16.8 Å². The molecular formula is C78H80BN3O2. The number of para-hydroxylation sites is 1. The highest BCUT2D eigenvalue weighted by atomic mass is 16.3. The fourth-order valence-electron chi connectivity index (χ4n) is 14.0. The van der Waals surface area contributed by atoms with Crippen molar-refractivity contribution in [1.82, 2.24) is 4.57 Å². The van der Waals surface area contributed by atoms with Crippen molar-refractivity contribution in [2.24, 2.45) is 0 Å². The average molecular weight is 1100 g/mol. The molecule has 0 atom stereocenters. The summed E-state index contributed by atoms with van der Waals surface area (Å²) in [6.45, 7) is 37.2. The molecule has 14 rings (SSSR count). The molecule has 1 aliphatic heterocycles. The number of furan rings is 2. The average Bonchev–Trinajstić information content (AvgIpc) is 1.53. The van der Waals surface area contributed by atoms with Gasteiger partial charge < -0.3 is 23.6 Å². The van der Waals surface area contributed by atoms with E-state index in [2.05, 4.69) is 283 Å². The highest BCUT2D eigenvalue weighted by Gasteiger charge is 2.39. The van der Waals surface area contributed by atoms with Crippen molar-refractivity contribution < 1.29 is 8.83 Å². The molecule has 5 nitrogen and oxygen atoms in total. The van der Waals surface area contributed by atoms with Gasteiger partial charge in [0.25, 0.3) is 0 Å². The molecule has 2 aliphatic rings. The van der Waals surface area contributed by atoms with Crippen molar-refractivity contribution in [2.45, 2.75) is 156 Å². The Morgan fingerprint density at radius 2 is 1.01 bits per heavy atom. The molecular weight excluding hydrogens is 1020 g/mol. The van der Waals surface area contributed by atoms with Crippen LogP contribution in [0, 0.1) is 0 Å². The summed E-state index contributed by atoms with van der Waals surface area (Å²) >= 11 is 0. The normalized spacial score (nSPS) is 15.1. The number of anilines is 5. The highest BCUT2D eigenvalue weighted by Crippen LogP contribution is 2.52. The van der Waals surface area contributed by atoms with Gasteiger partial charge >= 0.3 is 0 Å². The smallest absolute Gasteiger partial charge is 0.198 e. The van der Waals surface area contributed by atoms with Crippen LogP contribution in [-0.2, 0) is 32.5 Å². The van der Waals surface area contributed by atoms with Gasteiger partial charge in [0.2, 0.25) is 0 Å². The van der Waals surface area contributed by atoms with Gasteiger partial charge in [-0.1, -0.05) is 183 Å². The molecule has 3 aromatic heterocycles. The van der Waals surface area contributed by atoms with Crippen molar-refractivity contribution in [3.63, 3.8) is 0 Å². The maximum atomic E-state index is 7.46. The Hall–Kier alpha value is -7.96. The lowest BCUT2D eigenvalue weighted by molar-refractivity contribution is 0.332. The second-order valence-electron chi connectivity index (χ2n) is 30.2.